The molecule has 0 nitrogen and oxygen atoms in total. The van der Waals surface area contributed by atoms with Gasteiger partial charge in [0.25, 0.3) is 0 Å². The van der Waals surface area contributed by atoms with Crippen LogP contribution in [0.5, 0.6) is 0 Å². The molecule has 0 aromatic heterocycles. The monoisotopic (exact) mass is 152 g/mol. The molecule has 0 aliphatic heterocycles. The van der Waals surface area contributed by atoms with E-state index < -0.39 is 0 Å². The van der Waals surface area contributed by atoms with Gasteiger partial charge in [-0.2, -0.15) is 0 Å². The molecule has 11 heavy (non-hydrogen) atoms. The van der Waals surface area contributed by atoms with E-state index in [1.807, 2.05) is 0 Å². The molecule has 64 valence electrons. The zero-order valence-electron chi connectivity index (χ0n) is 8.48. The van der Waals surface area contributed by atoms with Crippen LogP contribution in [0.25, 0.3) is 0 Å². The molecule has 0 unspecified atom stereocenters. The highest BCUT2D eigenvalue weighted by molar-refractivity contribution is 6.59. The first-order chi connectivity index (χ1) is 5.24. The molecule has 0 saturated carbocycles. The Hall–Kier alpha value is -0.195. The molecule has 0 rings (SSSR count). The minimum absolute atomic E-state index is 0.913. The maximum absolute atomic E-state index is 2.40. The Bertz CT molecular complexity index is 112. The molecule has 1 heteroatoms. The van der Waals surface area contributed by atoms with E-state index in [1.165, 1.54) is 31.0 Å². The first-order valence-corrected chi connectivity index (χ1v) is 4.90. The van der Waals surface area contributed by atoms with E-state index in [0.717, 1.165) is 6.71 Å². The Morgan fingerprint density at radius 1 is 1.18 bits per heavy atom. The lowest BCUT2D eigenvalue weighted by Gasteiger charge is -2.04. The van der Waals surface area contributed by atoms with Crippen molar-refractivity contribution in [2.24, 2.45) is 0 Å². The maximum Gasteiger partial charge on any atom is 0.143 e. The van der Waals surface area contributed by atoms with Gasteiger partial charge >= 0.3 is 0 Å². The lowest BCUT2D eigenvalue weighted by atomic mass is 9.43. The summed E-state index contributed by atoms with van der Waals surface area (Å²) in [6.07, 6.45) is 7.54. The minimum atomic E-state index is 0.913. The van der Waals surface area contributed by atoms with Gasteiger partial charge in [0.05, 0.1) is 0 Å². The molecule has 0 heterocycles. The molecule has 0 aromatic carbocycles. The number of allylic oxidation sites excluding steroid dienone is 2. The quantitative estimate of drug-likeness (QED) is 0.414. The second kappa shape index (κ2) is 6.51. The molecular weight excluding hydrogens is 131 g/mol. The third-order valence-corrected chi connectivity index (χ3v) is 2.51. The van der Waals surface area contributed by atoms with Gasteiger partial charge in [0, 0.05) is 0 Å². The smallest absolute Gasteiger partial charge is 0.0928 e. The van der Waals surface area contributed by atoms with E-state index in [-0.39, 0.29) is 0 Å². The summed E-state index contributed by atoms with van der Waals surface area (Å²) in [5, 5.41) is 0. The van der Waals surface area contributed by atoms with E-state index in [9.17, 15) is 0 Å². The van der Waals surface area contributed by atoms with Gasteiger partial charge in [0.2, 0.25) is 0 Å². The van der Waals surface area contributed by atoms with Gasteiger partial charge in [-0.3, -0.25) is 0 Å². The Labute approximate surface area is 72.2 Å². The molecule has 0 aromatic rings. The summed E-state index contributed by atoms with van der Waals surface area (Å²) in [6, 6.07) is 0. The predicted molar refractivity (Wildman–Crippen MR) is 55.6 cm³/mol. The van der Waals surface area contributed by atoms with Gasteiger partial charge in [-0.1, -0.05) is 51.4 Å². The van der Waals surface area contributed by atoms with Crippen LogP contribution in [0.15, 0.2) is 11.6 Å². The molecule has 0 N–H and O–H groups in total. The summed E-state index contributed by atoms with van der Waals surface area (Å²) in [5.74, 6) is 0. The zero-order valence-corrected chi connectivity index (χ0v) is 8.48. The largest absolute Gasteiger partial charge is 0.143 e. The van der Waals surface area contributed by atoms with E-state index in [2.05, 4.69) is 33.8 Å². The van der Waals surface area contributed by atoms with Gasteiger partial charge in [-0.25, -0.2) is 0 Å². The highest BCUT2D eigenvalue weighted by Gasteiger charge is 2.04. The number of hydrogen-bond acceptors (Lipinski definition) is 0. The topological polar surface area (TPSA) is 0 Å². The van der Waals surface area contributed by atoms with Crippen LogP contribution < -0.4 is 0 Å². The van der Waals surface area contributed by atoms with Crippen LogP contribution in [-0.4, -0.2) is 6.71 Å². The van der Waals surface area contributed by atoms with Crippen LogP contribution >= 0.6 is 0 Å². The third kappa shape index (κ3) is 5.12. The van der Waals surface area contributed by atoms with Crippen LogP contribution in [0.2, 0.25) is 19.0 Å². The maximum atomic E-state index is 2.40. The highest BCUT2D eigenvalue weighted by atomic mass is 13.9. The minimum Gasteiger partial charge on any atom is -0.0928 e. The van der Waals surface area contributed by atoms with Crippen molar-refractivity contribution in [3.63, 3.8) is 0 Å². The molecule has 0 atom stereocenters. The van der Waals surface area contributed by atoms with Gasteiger partial charge in [0.1, 0.15) is 6.71 Å². The average molecular weight is 152 g/mol. The van der Waals surface area contributed by atoms with Crippen molar-refractivity contribution in [2.75, 3.05) is 0 Å². The molecule has 0 aliphatic rings. The fraction of sp³-hybridized carbons (Fsp3) is 0.800. The highest BCUT2D eigenvalue weighted by Crippen LogP contribution is 2.08. The van der Waals surface area contributed by atoms with Crippen molar-refractivity contribution in [3.05, 3.63) is 11.6 Å². The summed E-state index contributed by atoms with van der Waals surface area (Å²) in [4.78, 5) is 0. The van der Waals surface area contributed by atoms with Crippen molar-refractivity contribution < 1.29 is 0 Å². The third-order valence-electron chi connectivity index (χ3n) is 2.51. The molecule has 0 amide bonds. The van der Waals surface area contributed by atoms with E-state index >= 15 is 0 Å². The lowest BCUT2D eigenvalue weighted by molar-refractivity contribution is 1.09. The van der Waals surface area contributed by atoms with E-state index in [4.69, 9.17) is 0 Å². The van der Waals surface area contributed by atoms with Gasteiger partial charge in [-0.05, 0) is 13.3 Å². The Balaban J connectivity index is 3.65. The van der Waals surface area contributed by atoms with Crippen molar-refractivity contribution in [3.8, 4) is 0 Å². The lowest BCUT2D eigenvalue weighted by Crippen LogP contribution is -2.06. The van der Waals surface area contributed by atoms with Crippen molar-refractivity contribution >= 4 is 6.71 Å². The second-order valence-corrected chi connectivity index (χ2v) is 3.32. The number of hydrogen-bond donors (Lipinski definition) is 0. The SMILES string of the molecule is CCB(CC)CC=C(C)CC. The molecule has 0 spiro atoms. The summed E-state index contributed by atoms with van der Waals surface area (Å²) >= 11 is 0. The fourth-order valence-electron chi connectivity index (χ4n) is 1.13. The summed E-state index contributed by atoms with van der Waals surface area (Å²) < 4.78 is 0. The Kier molecular flexibility index (Phi) is 6.40. The van der Waals surface area contributed by atoms with Crippen molar-refractivity contribution in [2.45, 2.75) is 53.1 Å². The van der Waals surface area contributed by atoms with Crippen molar-refractivity contribution in [1.82, 2.24) is 0 Å². The molecule has 0 aliphatic carbocycles. The fourth-order valence-corrected chi connectivity index (χ4v) is 1.13. The molecule has 0 radical (unpaired) electrons. The van der Waals surface area contributed by atoms with Gasteiger partial charge in [0.15, 0.2) is 0 Å². The van der Waals surface area contributed by atoms with Crippen LogP contribution in [-0.2, 0) is 0 Å². The Morgan fingerprint density at radius 2 is 1.73 bits per heavy atom. The number of rotatable bonds is 5. The summed E-state index contributed by atoms with van der Waals surface area (Å²) in [5.41, 5.74) is 1.54. The standard InChI is InChI=1S/C10H21B/c1-5-10(4)8-9-11(6-2)7-3/h8H,5-7,9H2,1-4H3. The zero-order chi connectivity index (χ0) is 8.69. The predicted octanol–water partition coefficient (Wildman–Crippen LogP) is 3.88. The van der Waals surface area contributed by atoms with E-state index in [0.29, 0.717) is 0 Å². The van der Waals surface area contributed by atoms with Crippen molar-refractivity contribution in [1.29, 1.82) is 0 Å². The molecular formula is C10H21B. The summed E-state index contributed by atoms with van der Waals surface area (Å²) in [7, 11) is 0. The normalized spacial score (nSPS) is 11.8. The van der Waals surface area contributed by atoms with Crippen LogP contribution in [0.4, 0.5) is 0 Å². The molecule has 0 fully saturated rings. The first-order valence-electron chi connectivity index (χ1n) is 4.90. The van der Waals surface area contributed by atoms with Gasteiger partial charge in [-0.15, -0.1) is 0 Å². The molecule has 0 saturated heterocycles. The van der Waals surface area contributed by atoms with Crippen LogP contribution in [0.3, 0.4) is 0 Å². The summed E-state index contributed by atoms with van der Waals surface area (Å²) in [6.45, 7) is 9.92. The first kappa shape index (κ1) is 10.8. The Morgan fingerprint density at radius 3 is 2.09 bits per heavy atom. The average Bonchev–Trinajstić information content (AvgIpc) is 2.06. The molecule has 0 bridgehead atoms. The van der Waals surface area contributed by atoms with Crippen LogP contribution in [0, 0.1) is 0 Å². The van der Waals surface area contributed by atoms with Crippen LogP contribution in [0.1, 0.15) is 34.1 Å². The van der Waals surface area contributed by atoms with Gasteiger partial charge < -0.3 is 0 Å². The van der Waals surface area contributed by atoms with E-state index in [1.54, 1.807) is 0 Å². The second-order valence-electron chi connectivity index (χ2n) is 3.32.